The predicted molar refractivity (Wildman–Crippen MR) is 105 cm³/mol. The average Bonchev–Trinajstić information content (AvgIpc) is 3.46. The van der Waals surface area contributed by atoms with Gasteiger partial charge in [-0.05, 0) is 43.7 Å². The van der Waals surface area contributed by atoms with E-state index in [0.29, 0.717) is 49.8 Å². The van der Waals surface area contributed by atoms with Gasteiger partial charge >= 0.3 is 0 Å². The number of nitrogens with one attached hydrogen (secondary N) is 1. The Morgan fingerprint density at radius 2 is 1.89 bits per heavy atom. The van der Waals surface area contributed by atoms with Gasteiger partial charge in [-0.15, -0.1) is 16.8 Å². The number of amides is 1. The number of nitrogens with two attached hydrogens (primary N) is 1. The van der Waals surface area contributed by atoms with Gasteiger partial charge in [0, 0.05) is 37.2 Å². The van der Waals surface area contributed by atoms with E-state index >= 15 is 0 Å². The highest BCUT2D eigenvalue weighted by Crippen LogP contribution is 2.31. The lowest BCUT2D eigenvalue weighted by Gasteiger charge is -2.32. The third-order valence-electron chi connectivity index (χ3n) is 5.52. The maximum absolute atomic E-state index is 12.4. The number of fused-ring (bicyclic) bond motifs is 1. The van der Waals surface area contributed by atoms with Crippen LogP contribution in [0.5, 0.6) is 0 Å². The van der Waals surface area contributed by atoms with Crippen LogP contribution in [-0.4, -0.2) is 50.7 Å². The molecule has 2 heterocycles. The molecule has 2 fully saturated rings. The molecule has 1 amide bonds. The highest BCUT2D eigenvalue weighted by Gasteiger charge is 2.35. The molecule has 148 valence electrons. The van der Waals surface area contributed by atoms with Gasteiger partial charge in [-0.1, -0.05) is 12.1 Å². The third-order valence-corrected chi connectivity index (χ3v) is 6.84. The van der Waals surface area contributed by atoms with Crippen molar-refractivity contribution in [3.8, 4) is 0 Å². The molecule has 1 aliphatic carbocycles. The number of piperidine rings is 1. The molecule has 3 aliphatic rings. The van der Waals surface area contributed by atoms with E-state index in [0.717, 1.165) is 0 Å². The van der Waals surface area contributed by atoms with Crippen LogP contribution < -0.4 is 11.1 Å². The molecule has 1 saturated heterocycles. The molecule has 1 saturated carbocycles. The fourth-order valence-electron chi connectivity index (χ4n) is 3.72. The van der Waals surface area contributed by atoms with Crippen molar-refractivity contribution in [3.63, 3.8) is 0 Å². The second-order valence-corrected chi connectivity index (χ2v) is 8.97. The summed E-state index contributed by atoms with van der Waals surface area (Å²) < 4.78 is 28.4. The minimum atomic E-state index is -3.60. The maximum Gasteiger partial charge on any atom is 0.285 e. The van der Waals surface area contributed by atoms with Crippen molar-refractivity contribution in [2.45, 2.75) is 36.6 Å². The molecule has 0 aromatic heterocycles. The molecule has 7 nitrogen and oxygen atoms in total. The zero-order valence-electron chi connectivity index (χ0n) is 15.0. The van der Waals surface area contributed by atoms with E-state index < -0.39 is 10.0 Å². The number of rotatable bonds is 4. The van der Waals surface area contributed by atoms with Gasteiger partial charge in [-0.3, -0.25) is 4.79 Å². The highest BCUT2D eigenvalue weighted by molar-refractivity contribution is 7.90. The number of benzene rings is 1. The van der Waals surface area contributed by atoms with E-state index in [2.05, 4.69) is 9.71 Å². The Morgan fingerprint density at radius 1 is 1.22 bits per heavy atom. The van der Waals surface area contributed by atoms with Gasteiger partial charge in [0.2, 0.25) is 5.91 Å². The Balaban J connectivity index is 0.00000210. The van der Waals surface area contributed by atoms with Crippen molar-refractivity contribution in [3.05, 3.63) is 29.8 Å². The molecule has 1 unspecified atom stereocenters. The van der Waals surface area contributed by atoms with Crippen LogP contribution in [0.4, 0.5) is 0 Å². The number of amidine groups is 1. The lowest BCUT2D eigenvalue weighted by atomic mass is 9.95. The Labute approximate surface area is 165 Å². The Hall–Kier alpha value is -1.64. The summed E-state index contributed by atoms with van der Waals surface area (Å²) in [5.41, 5.74) is 6.69. The normalized spacial score (nSPS) is 22.4. The van der Waals surface area contributed by atoms with Gasteiger partial charge in [0.05, 0.1) is 0 Å². The zero-order valence-corrected chi connectivity index (χ0v) is 16.6. The first kappa shape index (κ1) is 20.1. The predicted octanol–water partition coefficient (Wildman–Crippen LogP) is 1.12. The van der Waals surface area contributed by atoms with Crippen LogP contribution in [0.3, 0.4) is 0 Å². The number of nitrogens with zero attached hydrogens (tertiary/aromatic N) is 2. The Kier molecular flexibility index (Phi) is 5.79. The van der Waals surface area contributed by atoms with E-state index in [1.165, 1.54) is 12.8 Å². The maximum atomic E-state index is 12.4. The summed E-state index contributed by atoms with van der Waals surface area (Å²) >= 11 is 0. The van der Waals surface area contributed by atoms with Crippen LogP contribution in [0.2, 0.25) is 0 Å². The average molecular weight is 413 g/mol. The lowest BCUT2D eigenvalue weighted by molar-refractivity contribution is -0.126. The first-order valence-electron chi connectivity index (χ1n) is 9.18. The van der Waals surface area contributed by atoms with Gasteiger partial charge in [-0.2, -0.15) is 8.42 Å². The van der Waals surface area contributed by atoms with Crippen LogP contribution in [0.15, 0.2) is 33.6 Å². The summed E-state index contributed by atoms with van der Waals surface area (Å²) in [6.45, 7) is 1.78. The molecule has 27 heavy (non-hydrogen) atoms. The number of sulfonamides is 1. The fourth-order valence-corrected chi connectivity index (χ4v) is 4.95. The molecule has 1 atom stereocenters. The molecule has 1 aromatic carbocycles. The monoisotopic (exact) mass is 412 g/mol. The second kappa shape index (κ2) is 7.77. The third kappa shape index (κ3) is 4.12. The lowest BCUT2D eigenvalue weighted by Crippen LogP contribution is -2.45. The van der Waals surface area contributed by atoms with Crippen LogP contribution in [0.1, 0.15) is 31.2 Å². The molecule has 4 rings (SSSR count). The smallest absolute Gasteiger partial charge is 0.285 e. The van der Waals surface area contributed by atoms with Gasteiger partial charge in [-0.25, -0.2) is 0 Å². The summed E-state index contributed by atoms with van der Waals surface area (Å²) in [6, 6.07) is 6.96. The minimum Gasteiger partial charge on any atom is -0.355 e. The van der Waals surface area contributed by atoms with Crippen LogP contribution >= 0.6 is 12.4 Å². The molecule has 0 spiro atoms. The second-order valence-electron chi connectivity index (χ2n) is 7.39. The standard InChI is InChI=1S/C18H24N4O3S.ClH/c19-15(12-5-6-12)11-20-18(23)13-7-9-22(10-8-13)17-14-3-1-2-4-16(14)26(24,25)21-17;/h1-4,12-13,15H,5-11,19H2,(H,20,23);1H. The van der Waals surface area contributed by atoms with Gasteiger partial charge in [0.15, 0.2) is 5.84 Å². The van der Waals surface area contributed by atoms with Crippen LogP contribution in [-0.2, 0) is 14.8 Å². The van der Waals surface area contributed by atoms with Crippen molar-refractivity contribution in [2.24, 2.45) is 22.0 Å². The van der Waals surface area contributed by atoms with E-state index in [-0.39, 0.29) is 35.2 Å². The van der Waals surface area contributed by atoms with Crippen LogP contribution in [0, 0.1) is 11.8 Å². The van der Waals surface area contributed by atoms with E-state index in [4.69, 9.17) is 5.73 Å². The molecular weight excluding hydrogens is 388 g/mol. The van der Waals surface area contributed by atoms with E-state index in [1.54, 1.807) is 18.2 Å². The number of hydrogen-bond donors (Lipinski definition) is 2. The number of halogens is 1. The van der Waals surface area contributed by atoms with Crippen molar-refractivity contribution in [2.75, 3.05) is 19.6 Å². The van der Waals surface area contributed by atoms with Crippen molar-refractivity contribution >= 4 is 34.2 Å². The van der Waals surface area contributed by atoms with Crippen molar-refractivity contribution < 1.29 is 13.2 Å². The number of carbonyl (C=O) groups excluding carboxylic acids is 1. The topological polar surface area (TPSA) is 105 Å². The molecule has 1 aromatic rings. The Bertz CT molecular complexity index is 846. The quantitative estimate of drug-likeness (QED) is 0.771. The number of hydrogen-bond acceptors (Lipinski definition) is 5. The summed E-state index contributed by atoms with van der Waals surface area (Å²) in [4.78, 5) is 14.6. The zero-order chi connectivity index (χ0) is 18.3. The fraction of sp³-hybridized carbons (Fsp3) is 0.556. The highest BCUT2D eigenvalue weighted by atomic mass is 35.5. The SMILES string of the molecule is Cl.NC(CNC(=O)C1CCN(C2=NS(=O)(=O)c3ccccc32)CC1)C1CC1. The molecule has 0 bridgehead atoms. The van der Waals surface area contributed by atoms with Gasteiger partial charge in [0.1, 0.15) is 4.90 Å². The summed E-state index contributed by atoms with van der Waals surface area (Å²) in [5, 5.41) is 2.98. The van der Waals surface area contributed by atoms with Crippen molar-refractivity contribution in [1.29, 1.82) is 0 Å². The molecular formula is C18H25ClN4O3S. The van der Waals surface area contributed by atoms with Gasteiger partial charge in [0.25, 0.3) is 10.0 Å². The van der Waals surface area contributed by atoms with Crippen molar-refractivity contribution in [1.82, 2.24) is 10.2 Å². The number of likely N-dealkylation sites (tertiary alicyclic amines) is 1. The summed E-state index contributed by atoms with van der Waals surface area (Å²) in [5.74, 6) is 1.09. The molecule has 0 radical (unpaired) electrons. The molecule has 9 heteroatoms. The largest absolute Gasteiger partial charge is 0.355 e. The summed E-state index contributed by atoms with van der Waals surface area (Å²) in [7, 11) is -3.60. The van der Waals surface area contributed by atoms with E-state index in [1.807, 2.05) is 11.0 Å². The number of carbonyl (C=O) groups is 1. The summed E-state index contributed by atoms with van der Waals surface area (Å²) in [6.07, 6.45) is 3.71. The first-order chi connectivity index (χ1) is 12.5. The first-order valence-corrected chi connectivity index (χ1v) is 10.6. The Morgan fingerprint density at radius 3 is 2.56 bits per heavy atom. The van der Waals surface area contributed by atoms with Gasteiger partial charge < -0.3 is 16.0 Å². The molecule has 2 aliphatic heterocycles. The molecule has 3 N–H and O–H groups in total. The van der Waals surface area contributed by atoms with E-state index in [9.17, 15) is 13.2 Å². The van der Waals surface area contributed by atoms with Crippen LogP contribution in [0.25, 0.3) is 0 Å². The minimum absolute atomic E-state index is 0.